The van der Waals surface area contributed by atoms with E-state index < -0.39 is 0 Å². The van der Waals surface area contributed by atoms with Crippen LogP contribution in [0.25, 0.3) is 11.3 Å². The van der Waals surface area contributed by atoms with E-state index in [0.29, 0.717) is 6.54 Å². The molecule has 1 heterocycles. The molecule has 0 saturated carbocycles. The second kappa shape index (κ2) is 5.10. The Hall–Kier alpha value is -1.13. The van der Waals surface area contributed by atoms with Gasteiger partial charge in [-0.3, -0.25) is 4.68 Å². The van der Waals surface area contributed by atoms with Crippen LogP contribution in [-0.2, 0) is 26.3 Å². The van der Waals surface area contributed by atoms with Crippen LogP contribution in [0.15, 0.2) is 22.7 Å². The van der Waals surface area contributed by atoms with Crippen LogP contribution in [0.5, 0.6) is 0 Å². The molecular formula is C15H18BrN3. The molecular weight excluding hydrogens is 302 g/mol. The lowest BCUT2D eigenvalue weighted by atomic mass is 10.0. The number of aromatic nitrogens is 2. The number of aryl methyl sites for hydroxylation is 3. The lowest BCUT2D eigenvalue weighted by Crippen LogP contribution is -2.04. The Morgan fingerprint density at radius 1 is 1.32 bits per heavy atom. The number of rotatable bonds is 3. The highest BCUT2D eigenvalue weighted by molar-refractivity contribution is 9.10. The summed E-state index contributed by atoms with van der Waals surface area (Å²) in [4.78, 5) is 0. The van der Waals surface area contributed by atoms with Crippen molar-refractivity contribution in [2.45, 2.75) is 25.7 Å². The van der Waals surface area contributed by atoms with Gasteiger partial charge in [0, 0.05) is 19.0 Å². The zero-order chi connectivity index (χ0) is 13.4. The molecule has 0 spiro atoms. The molecule has 0 radical (unpaired) electrons. The highest BCUT2D eigenvalue weighted by atomic mass is 79.9. The number of nitrogens with two attached hydrogens (primary N) is 1. The standard InChI is InChI=1S/C15H18BrN3/c1-19-15(14(16)13(18-19)7-8-17)12-6-5-10-3-2-4-11(10)9-12/h5-6,9H,2-4,7-8,17H2,1H3. The quantitative estimate of drug-likeness (QED) is 0.945. The van der Waals surface area contributed by atoms with E-state index in [1.165, 1.54) is 36.0 Å². The predicted octanol–water partition coefficient (Wildman–Crippen LogP) is 2.84. The molecule has 19 heavy (non-hydrogen) atoms. The molecule has 1 aliphatic carbocycles. The van der Waals surface area contributed by atoms with Crippen molar-refractivity contribution >= 4 is 15.9 Å². The van der Waals surface area contributed by atoms with E-state index in [1.807, 2.05) is 11.7 Å². The molecule has 100 valence electrons. The minimum absolute atomic E-state index is 0.624. The van der Waals surface area contributed by atoms with Gasteiger partial charge in [0.05, 0.1) is 15.9 Å². The summed E-state index contributed by atoms with van der Waals surface area (Å²) < 4.78 is 3.03. The minimum atomic E-state index is 0.624. The number of halogens is 1. The highest BCUT2D eigenvalue weighted by Gasteiger charge is 2.17. The van der Waals surface area contributed by atoms with Crippen molar-refractivity contribution in [1.82, 2.24) is 9.78 Å². The molecule has 0 bridgehead atoms. The Labute approximate surface area is 121 Å². The fraction of sp³-hybridized carbons (Fsp3) is 0.400. The summed E-state index contributed by atoms with van der Waals surface area (Å²) in [6.07, 6.45) is 4.51. The minimum Gasteiger partial charge on any atom is -0.330 e. The fourth-order valence-electron chi connectivity index (χ4n) is 2.88. The van der Waals surface area contributed by atoms with E-state index >= 15 is 0 Å². The molecule has 1 aliphatic rings. The average molecular weight is 320 g/mol. The van der Waals surface area contributed by atoms with Crippen molar-refractivity contribution in [2.24, 2.45) is 12.8 Å². The van der Waals surface area contributed by atoms with E-state index in [2.05, 4.69) is 39.2 Å². The topological polar surface area (TPSA) is 43.8 Å². The maximum absolute atomic E-state index is 5.63. The molecule has 3 nitrogen and oxygen atoms in total. The largest absolute Gasteiger partial charge is 0.330 e. The van der Waals surface area contributed by atoms with E-state index in [4.69, 9.17) is 5.73 Å². The van der Waals surface area contributed by atoms with Crippen LogP contribution < -0.4 is 5.73 Å². The Kier molecular flexibility index (Phi) is 3.46. The predicted molar refractivity (Wildman–Crippen MR) is 81.1 cm³/mol. The van der Waals surface area contributed by atoms with E-state index in [0.717, 1.165) is 22.3 Å². The molecule has 0 unspecified atom stereocenters. The van der Waals surface area contributed by atoms with Crippen molar-refractivity contribution < 1.29 is 0 Å². The molecule has 0 atom stereocenters. The van der Waals surface area contributed by atoms with Crippen LogP contribution in [0.3, 0.4) is 0 Å². The first-order valence-electron chi connectivity index (χ1n) is 6.74. The van der Waals surface area contributed by atoms with Crippen molar-refractivity contribution in [3.8, 4) is 11.3 Å². The van der Waals surface area contributed by atoms with Crippen LogP contribution in [-0.4, -0.2) is 16.3 Å². The van der Waals surface area contributed by atoms with Gasteiger partial charge >= 0.3 is 0 Å². The number of nitrogens with zero attached hydrogens (tertiary/aromatic N) is 2. The maximum atomic E-state index is 5.63. The summed E-state index contributed by atoms with van der Waals surface area (Å²) in [7, 11) is 1.99. The van der Waals surface area contributed by atoms with E-state index in [9.17, 15) is 0 Å². The van der Waals surface area contributed by atoms with Crippen LogP contribution >= 0.6 is 15.9 Å². The summed E-state index contributed by atoms with van der Waals surface area (Å²) in [5.74, 6) is 0. The van der Waals surface area contributed by atoms with Crippen LogP contribution in [0.4, 0.5) is 0 Å². The van der Waals surface area contributed by atoms with Gasteiger partial charge in [-0.25, -0.2) is 0 Å². The third-order valence-electron chi connectivity index (χ3n) is 3.81. The second-order valence-corrected chi connectivity index (χ2v) is 5.90. The maximum Gasteiger partial charge on any atom is 0.0824 e. The summed E-state index contributed by atoms with van der Waals surface area (Å²) >= 11 is 3.68. The van der Waals surface area contributed by atoms with Crippen LogP contribution in [0.1, 0.15) is 23.2 Å². The Balaban J connectivity index is 2.07. The summed E-state index contributed by atoms with van der Waals surface area (Å²) in [6.45, 7) is 0.624. The molecule has 0 fully saturated rings. The van der Waals surface area contributed by atoms with Crippen molar-refractivity contribution in [2.75, 3.05) is 6.54 Å². The lowest BCUT2D eigenvalue weighted by Gasteiger charge is -2.06. The number of benzene rings is 1. The van der Waals surface area contributed by atoms with Crippen LogP contribution in [0.2, 0.25) is 0 Å². The zero-order valence-corrected chi connectivity index (χ0v) is 12.7. The normalized spacial score (nSPS) is 13.8. The van der Waals surface area contributed by atoms with Gasteiger partial charge < -0.3 is 5.73 Å². The van der Waals surface area contributed by atoms with Gasteiger partial charge in [0.25, 0.3) is 0 Å². The first-order chi connectivity index (χ1) is 9.20. The third-order valence-corrected chi connectivity index (χ3v) is 4.64. The molecule has 1 aromatic carbocycles. The fourth-order valence-corrected chi connectivity index (χ4v) is 3.65. The zero-order valence-electron chi connectivity index (χ0n) is 11.1. The molecule has 2 aromatic rings. The number of fused-ring (bicyclic) bond motifs is 1. The molecule has 0 saturated heterocycles. The third kappa shape index (κ3) is 2.23. The molecule has 0 aliphatic heterocycles. The second-order valence-electron chi connectivity index (χ2n) is 5.11. The molecule has 4 heteroatoms. The smallest absolute Gasteiger partial charge is 0.0824 e. The molecule has 3 rings (SSSR count). The Morgan fingerprint density at radius 2 is 2.11 bits per heavy atom. The lowest BCUT2D eigenvalue weighted by molar-refractivity contribution is 0.745. The number of hydrogen-bond donors (Lipinski definition) is 1. The monoisotopic (exact) mass is 319 g/mol. The van der Waals surface area contributed by atoms with Gasteiger partial charge in [-0.2, -0.15) is 5.10 Å². The first kappa shape index (κ1) is 12.9. The van der Waals surface area contributed by atoms with E-state index in [1.54, 1.807) is 0 Å². The van der Waals surface area contributed by atoms with Gasteiger partial charge in [0.2, 0.25) is 0 Å². The van der Waals surface area contributed by atoms with E-state index in [-0.39, 0.29) is 0 Å². The summed E-state index contributed by atoms with van der Waals surface area (Å²) in [5, 5.41) is 4.56. The van der Waals surface area contributed by atoms with Crippen molar-refractivity contribution in [3.63, 3.8) is 0 Å². The van der Waals surface area contributed by atoms with Gasteiger partial charge in [-0.1, -0.05) is 12.1 Å². The summed E-state index contributed by atoms with van der Waals surface area (Å²) in [6, 6.07) is 6.79. The van der Waals surface area contributed by atoms with Gasteiger partial charge in [0.1, 0.15) is 0 Å². The SMILES string of the molecule is Cn1nc(CCN)c(Br)c1-c1ccc2c(c1)CCC2. The van der Waals surface area contributed by atoms with Gasteiger partial charge in [-0.15, -0.1) is 0 Å². The molecule has 0 amide bonds. The number of hydrogen-bond acceptors (Lipinski definition) is 2. The Bertz CT molecular complexity index is 616. The highest BCUT2D eigenvalue weighted by Crippen LogP contribution is 2.33. The summed E-state index contributed by atoms with van der Waals surface area (Å²) in [5.41, 5.74) is 12.1. The van der Waals surface area contributed by atoms with Crippen molar-refractivity contribution in [3.05, 3.63) is 39.5 Å². The van der Waals surface area contributed by atoms with Crippen molar-refractivity contribution in [1.29, 1.82) is 0 Å². The van der Waals surface area contributed by atoms with Gasteiger partial charge in [-0.05, 0) is 58.9 Å². The average Bonchev–Trinajstić information content (AvgIpc) is 2.95. The first-order valence-corrected chi connectivity index (χ1v) is 7.53. The molecule has 1 aromatic heterocycles. The van der Waals surface area contributed by atoms with Gasteiger partial charge in [0.15, 0.2) is 0 Å². The molecule has 2 N–H and O–H groups in total. The van der Waals surface area contributed by atoms with Crippen LogP contribution in [0, 0.1) is 0 Å². The Morgan fingerprint density at radius 3 is 2.89 bits per heavy atom.